The number of aliphatic imine (C=N–C) groups is 1. The molecule has 0 saturated carbocycles. The van der Waals surface area contributed by atoms with E-state index < -0.39 is 0 Å². The van der Waals surface area contributed by atoms with Crippen molar-refractivity contribution in [3.63, 3.8) is 0 Å². The number of allylic oxidation sites excluding steroid dienone is 1. The molecular weight excluding hydrogens is 443 g/mol. The van der Waals surface area contributed by atoms with Gasteiger partial charge in [-0.25, -0.2) is 4.98 Å². The second-order valence-electron chi connectivity index (χ2n) is 5.77. The van der Waals surface area contributed by atoms with Gasteiger partial charge >= 0.3 is 0 Å². The normalized spacial score (nSPS) is 10.8. The number of guanidine groups is 1. The van der Waals surface area contributed by atoms with E-state index in [1.165, 1.54) is 12.8 Å². The minimum Gasteiger partial charge on any atom is -0.475 e. The number of nitrogens with zero attached hydrogens (tertiary/aromatic N) is 3. The second-order valence-corrected chi connectivity index (χ2v) is 5.77. The van der Waals surface area contributed by atoms with E-state index in [0.717, 1.165) is 30.9 Å². The molecule has 0 atom stereocenters. The van der Waals surface area contributed by atoms with Gasteiger partial charge in [-0.15, -0.1) is 30.6 Å². The Hall–Kier alpha value is -1.35. The SMILES string of the molecule is C=CCCCCCN(C)C(=NC)NCc1cccnc1OCCOC.I. The Morgan fingerprint density at radius 2 is 2.15 bits per heavy atom. The zero-order valence-corrected chi connectivity index (χ0v) is 18.6. The third-order valence-electron chi connectivity index (χ3n) is 3.79. The summed E-state index contributed by atoms with van der Waals surface area (Å²) < 4.78 is 10.7. The molecule has 0 aliphatic rings. The number of hydrogen-bond donors (Lipinski definition) is 1. The third kappa shape index (κ3) is 9.96. The number of methoxy groups -OCH3 is 1. The van der Waals surface area contributed by atoms with E-state index in [-0.39, 0.29) is 24.0 Å². The highest BCUT2D eigenvalue weighted by molar-refractivity contribution is 14.0. The molecule has 0 amide bonds. The summed E-state index contributed by atoms with van der Waals surface area (Å²) in [4.78, 5) is 10.8. The number of halogens is 1. The van der Waals surface area contributed by atoms with Gasteiger partial charge in [0.1, 0.15) is 6.61 Å². The van der Waals surface area contributed by atoms with Crippen molar-refractivity contribution in [1.82, 2.24) is 15.2 Å². The highest BCUT2D eigenvalue weighted by Crippen LogP contribution is 2.14. The minimum atomic E-state index is 0. The van der Waals surface area contributed by atoms with Crippen LogP contribution in [0.15, 0.2) is 36.0 Å². The fourth-order valence-corrected chi connectivity index (χ4v) is 2.39. The predicted octanol–water partition coefficient (Wildman–Crippen LogP) is 3.48. The molecule has 1 rings (SSSR count). The molecule has 148 valence electrons. The lowest BCUT2D eigenvalue weighted by atomic mass is 10.2. The van der Waals surface area contributed by atoms with Crippen LogP contribution in [0.5, 0.6) is 5.88 Å². The van der Waals surface area contributed by atoms with Crippen molar-refractivity contribution >= 4 is 29.9 Å². The maximum atomic E-state index is 5.67. The van der Waals surface area contributed by atoms with Crippen molar-refractivity contribution in [3.8, 4) is 5.88 Å². The van der Waals surface area contributed by atoms with E-state index >= 15 is 0 Å². The summed E-state index contributed by atoms with van der Waals surface area (Å²) in [6, 6.07) is 3.91. The molecule has 26 heavy (non-hydrogen) atoms. The standard InChI is InChI=1S/C19H32N4O2.HI/c1-5-6-7-8-9-13-23(3)19(20-2)22-16-17-11-10-12-21-18(17)25-15-14-24-4;/h5,10-12H,1,6-9,13-16H2,2-4H3,(H,20,22);1H. The first kappa shape index (κ1) is 24.7. The third-order valence-corrected chi connectivity index (χ3v) is 3.79. The smallest absolute Gasteiger partial charge is 0.218 e. The number of aromatic nitrogens is 1. The second kappa shape index (κ2) is 15.9. The van der Waals surface area contributed by atoms with Crippen LogP contribution in [0.2, 0.25) is 0 Å². The van der Waals surface area contributed by atoms with Crippen LogP contribution in [0, 0.1) is 0 Å². The quantitative estimate of drug-likeness (QED) is 0.165. The van der Waals surface area contributed by atoms with Gasteiger partial charge in [-0.05, 0) is 25.3 Å². The largest absolute Gasteiger partial charge is 0.475 e. The lowest BCUT2D eigenvalue weighted by molar-refractivity contribution is 0.143. The van der Waals surface area contributed by atoms with Crippen LogP contribution >= 0.6 is 24.0 Å². The van der Waals surface area contributed by atoms with E-state index in [2.05, 4.69) is 33.8 Å². The molecule has 1 N–H and O–H groups in total. The fourth-order valence-electron chi connectivity index (χ4n) is 2.39. The Morgan fingerprint density at radius 3 is 2.85 bits per heavy atom. The molecule has 0 aliphatic heterocycles. The number of nitrogens with one attached hydrogen (secondary N) is 1. The van der Waals surface area contributed by atoms with Gasteiger partial charge in [0.15, 0.2) is 5.96 Å². The zero-order chi connectivity index (χ0) is 18.3. The number of hydrogen-bond acceptors (Lipinski definition) is 4. The van der Waals surface area contributed by atoms with E-state index in [1.807, 2.05) is 18.2 Å². The lowest BCUT2D eigenvalue weighted by Crippen LogP contribution is -2.39. The fraction of sp³-hybridized carbons (Fsp3) is 0.579. The summed E-state index contributed by atoms with van der Waals surface area (Å²) in [6.45, 7) is 6.37. The first-order chi connectivity index (χ1) is 12.2. The topological polar surface area (TPSA) is 59.0 Å². The molecule has 0 fully saturated rings. The molecule has 0 aliphatic carbocycles. The van der Waals surface area contributed by atoms with Crippen molar-refractivity contribution in [2.24, 2.45) is 4.99 Å². The highest BCUT2D eigenvalue weighted by Gasteiger charge is 2.09. The van der Waals surface area contributed by atoms with Crippen molar-refractivity contribution in [1.29, 1.82) is 0 Å². The molecule has 0 aromatic carbocycles. The zero-order valence-electron chi connectivity index (χ0n) is 16.2. The monoisotopic (exact) mass is 476 g/mol. The summed E-state index contributed by atoms with van der Waals surface area (Å²) in [5.74, 6) is 1.50. The van der Waals surface area contributed by atoms with Gasteiger partial charge in [-0.2, -0.15) is 0 Å². The molecule has 6 nitrogen and oxygen atoms in total. The van der Waals surface area contributed by atoms with Crippen LogP contribution in [-0.2, 0) is 11.3 Å². The van der Waals surface area contributed by atoms with E-state index in [0.29, 0.717) is 25.6 Å². The van der Waals surface area contributed by atoms with Gasteiger partial charge < -0.3 is 19.7 Å². The van der Waals surface area contributed by atoms with E-state index in [1.54, 1.807) is 20.4 Å². The van der Waals surface area contributed by atoms with Crippen LogP contribution in [0.25, 0.3) is 0 Å². The van der Waals surface area contributed by atoms with Gasteiger partial charge in [0.2, 0.25) is 5.88 Å². The van der Waals surface area contributed by atoms with Gasteiger partial charge in [0.05, 0.1) is 6.61 Å². The lowest BCUT2D eigenvalue weighted by Gasteiger charge is -2.22. The summed E-state index contributed by atoms with van der Waals surface area (Å²) in [6.07, 6.45) is 8.34. The van der Waals surface area contributed by atoms with Gasteiger partial charge in [-0.3, -0.25) is 4.99 Å². The summed E-state index contributed by atoms with van der Waals surface area (Å²) in [5, 5.41) is 3.38. The van der Waals surface area contributed by atoms with Crippen molar-refractivity contribution in [2.45, 2.75) is 32.2 Å². The van der Waals surface area contributed by atoms with E-state index in [4.69, 9.17) is 9.47 Å². The van der Waals surface area contributed by atoms with Gasteiger partial charge in [0, 0.05) is 46.1 Å². The number of unbranched alkanes of at least 4 members (excludes halogenated alkanes) is 3. The van der Waals surface area contributed by atoms with Crippen LogP contribution in [0.3, 0.4) is 0 Å². The van der Waals surface area contributed by atoms with Crippen molar-refractivity contribution in [3.05, 3.63) is 36.5 Å². The molecule has 0 radical (unpaired) electrons. The number of rotatable bonds is 12. The Morgan fingerprint density at radius 1 is 1.35 bits per heavy atom. The Labute approximate surface area is 175 Å². The maximum absolute atomic E-state index is 5.67. The highest BCUT2D eigenvalue weighted by atomic mass is 127. The molecule has 1 aromatic heterocycles. The molecule has 7 heteroatoms. The average Bonchev–Trinajstić information content (AvgIpc) is 2.63. The molecular formula is C19H33IN4O2. The maximum Gasteiger partial charge on any atom is 0.218 e. The Kier molecular flexibility index (Phi) is 15.0. The van der Waals surface area contributed by atoms with Gasteiger partial charge in [0.25, 0.3) is 0 Å². The van der Waals surface area contributed by atoms with Crippen LogP contribution in [0.1, 0.15) is 31.2 Å². The van der Waals surface area contributed by atoms with E-state index in [9.17, 15) is 0 Å². The van der Waals surface area contributed by atoms with Crippen LogP contribution < -0.4 is 10.1 Å². The first-order valence-corrected chi connectivity index (χ1v) is 8.81. The molecule has 0 bridgehead atoms. The molecule has 0 saturated heterocycles. The van der Waals surface area contributed by atoms with Crippen LogP contribution in [-0.4, -0.2) is 56.8 Å². The summed E-state index contributed by atoms with van der Waals surface area (Å²) in [5.41, 5.74) is 0.999. The summed E-state index contributed by atoms with van der Waals surface area (Å²) in [7, 11) is 5.51. The molecule has 0 unspecified atom stereocenters. The molecule has 1 heterocycles. The van der Waals surface area contributed by atoms with Crippen molar-refractivity contribution in [2.75, 3.05) is 41.0 Å². The Bertz CT molecular complexity index is 526. The van der Waals surface area contributed by atoms with Crippen molar-refractivity contribution < 1.29 is 9.47 Å². The molecule has 1 aromatic rings. The van der Waals surface area contributed by atoms with Crippen LogP contribution in [0.4, 0.5) is 0 Å². The first-order valence-electron chi connectivity index (χ1n) is 8.81. The Balaban J connectivity index is 0.00000625. The minimum absolute atomic E-state index is 0. The average molecular weight is 476 g/mol. The number of pyridine rings is 1. The molecule has 0 spiro atoms. The summed E-state index contributed by atoms with van der Waals surface area (Å²) >= 11 is 0. The number of ether oxygens (including phenoxy) is 2. The van der Waals surface area contributed by atoms with Gasteiger partial charge in [-0.1, -0.05) is 18.6 Å². The predicted molar refractivity (Wildman–Crippen MR) is 119 cm³/mol.